The first kappa shape index (κ1) is 13.9. The molecule has 0 amide bonds. The van der Waals surface area contributed by atoms with Gasteiger partial charge >= 0.3 is 0 Å². The van der Waals surface area contributed by atoms with Crippen molar-refractivity contribution in [2.75, 3.05) is 0 Å². The Morgan fingerprint density at radius 1 is 1.10 bits per heavy atom. The van der Waals surface area contributed by atoms with E-state index in [2.05, 4.69) is 32.6 Å². The Kier molecular flexibility index (Phi) is 4.33. The first-order valence-electron chi connectivity index (χ1n) is 6.83. The van der Waals surface area contributed by atoms with E-state index in [-0.39, 0.29) is 6.04 Å². The number of hydrogen-bond acceptors (Lipinski definition) is 5. The van der Waals surface area contributed by atoms with Gasteiger partial charge in [0.1, 0.15) is 5.01 Å². The van der Waals surface area contributed by atoms with Gasteiger partial charge in [0.15, 0.2) is 0 Å². The highest BCUT2D eigenvalue weighted by Gasteiger charge is 2.08. The molecular formula is C16H16N4S. The van der Waals surface area contributed by atoms with E-state index < -0.39 is 0 Å². The van der Waals surface area contributed by atoms with E-state index in [1.54, 1.807) is 17.5 Å². The summed E-state index contributed by atoms with van der Waals surface area (Å²) >= 11 is 1.62. The SMILES string of the molecule is CC(NCc1csc(-c2ccccn2)n1)c1ccccn1. The Hall–Kier alpha value is -2.11. The maximum Gasteiger partial charge on any atom is 0.142 e. The summed E-state index contributed by atoms with van der Waals surface area (Å²) < 4.78 is 0. The maximum atomic E-state index is 4.62. The Morgan fingerprint density at radius 3 is 2.62 bits per heavy atom. The van der Waals surface area contributed by atoms with Crippen molar-refractivity contribution in [1.82, 2.24) is 20.3 Å². The molecule has 0 saturated carbocycles. The normalized spacial score (nSPS) is 12.2. The zero-order valence-corrected chi connectivity index (χ0v) is 12.5. The lowest BCUT2D eigenvalue weighted by Crippen LogP contribution is -2.19. The van der Waals surface area contributed by atoms with E-state index in [4.69, 9.17) is 0 Å². The van der Waals surface area contributed by atoms with Gasteiger partial charge in [-0.25, -0.2) is 4.98 Å². The van der Waals surface area contributed by atoms with Crippen LogP contribution in [0.4, 0.5) is 0 Å². The summed E-state index contributed by atoms with van der Waals surface area (Å²) in [5, 5.41) is 6.47. The van der Waals surface area contributed by atoms with Gasteiger partial charge in [-0.05, 0) is 31.2 Å². The molecule has 5 heteroatoms. The fourth-order valence-electron chi connectivity index (χ4n) is 1.99. The third-order valence-corrected chi connectivity index (χ3v) is 4.07. The van der Waals surface area contributed by atoms with Crippen LogP contribution in [0.2, 0.25) is 0 Å². The molecule has 0 bridgehead atoms. The number of nitrogens with one attached hydrogen (secondary N) is 1. The molecule has 0 aliphatic heterocycles. The lowest BCUT2D eigenvalue weighted by molar-refractivity contribution is 0.556. The molecule has 0 aliphatic carbocycles. The van der Waals surface area contributed by atoms with Crippen molar-refractivity contribution in [3.05, 3.63) is 65.6 Å². The van der Waals surface area contributed by atoms with Crippen LogP contribution >= 0.6 is 11.3 Å². The quantitative estimate of drug-likeness (QED) is 0.783. The smallest absolute Gasteiger partial charge is 0.142 e. The summed E-state index contributed by atoms with van der Waals surface area (Å²) in [7, 11) is 0. The third-order valence-electron chi connectivity index (χ3n) is 3.16. The topological polar surface area (TPSA) is 50.7 Å². The fraction of sp³-hybridized carbons (Fsp3) is 0.188. The van der Waals surface area contributed by atoms with E-state index in [1.165, 1.54) is 0 Å². The zero-order valence-electron chi connectivity index (χ0n) is 11.7. The molecule has 1 unspecified atom stereocenters. The Labute approximate surface area is 127 Å². The minimum absolute atomic E-state index is 0.200. The van der Waals surface area contributed by atoms with Gasteiger partial charge in [-0.1, -0.05) is 12.1 Å². The Bertz CT molecular complexity index is 682. The van der Waals surface area contributed by atoms with E-state index in [1.807, 2.05) is 42.6 Å². The van der Waals surface area contributed by atoms with Crippen LogP contribution in [0.3, 0.4) is 0 Å². The molecule has 3 rings (SSSR count). The van der Waals surface area contributed by atoms with Crippen molar-refractivity contribution >= 4 is 11.3 Å². The van der Waals surface area contributed by atoms with Crippen LogP contribution in [0.5, 0.6) is 0 Å². The molecule has 3 aromatic rings. The number of aromatic nitrogens is 3. The van der Waals surface area contributed by atoms with Crippen molar-refractivity contribution in [3.63, 3.8) is 0 Å². The monoisotopic (exact) mass is 296 g/mol. The predicted octanol–water partition coefficient (Wildman–Crippen LogP) is 3.45. The van der Waals surface area contributed by atoms with Crippen LogP contribution < -0.4 is 5.32 Å². The summed E-state index contributed by atoms with van der Waals surface area (Å²) in [6.07, 6.45) is 3.60. The number of hydrogen-bond donors (Lipinski definition) is 1. The van der Waals surface area contributed by atoms with Crippen LogP contribution in [0, 0.1) is 0 Å². The molecule has 0 radical (unpaired) electrons. The van der Waals surface area contributed by atoms with E-state index in [0.29, 0.717) is 0 Å². The summed E-state index contributed by atoms with van der Waals surface area (Å²) in [6.45, 7) is 2.83. The highest BCUT2D eigenvalue weighted by molar-refractivity contribution is 7.13. The average Bonchev–Trinajstić information content (AvgIpc) is 3.03. The predicted molar refractivity (Wildman–Crippen MR) is 84.8 cm³/mol. The van der Waals surface area contributed by atoms with Crippen molar-refractivity contribution in [1.29, 1.82) is 0 Å². The standard InChI is InChI=1S/C16H16N4S/c1-12(14-6-2-4-8-17-14)19-10-13-11-21-16(20-13)15-7-3-5-9-18-15/h2-9,11-12,19H,10H2,1H3. The number of pyridine rings is 2. The van der Waals surface area contributed by atoms with E-state index in [0.717, 1.165) is 28.6 Å². The fourth-order valence-corrected chi connectivity index (χ4v) is 2.78. The molecular weight excluding hydrogens is 280 g/mol. The summed E-state index contributed by atoms with van der Waals surface area (Å²) in [6, 6.07) is 12.0. The van der Waals surface area contributed by atoms with Crippen LogP contribution in [0.15, 0.2) is 54.2 Å². The minimum atomic E-state index is 0.200. The lowest BCUT2D eigenvalue weighted by atomic mass is 10.2. The van der Waals surface area contributed by atoms with Gasteiger partial charge < -0.3 is 5.32 Å². The third kappa shape index (κ3) is 3.51. The van der Waals surface area contributed by atoms with Crippen molar-refractivity contribution < 1.29 is 0 Å². The average molecular weight is 296 g/mol. The summed E-state index contributed by atoms with van der Waals surface area (Å²) in [5.41, 5.74) is 2.99. The van der Waals surface area contributed by atoms with Gasteiger partial charge in [0.25, 0.3) is 0 Å². The van der Waals surface area contributed by atoms with E-state index >= 15 is 0 Å². The zero-order chi connectivity index (χ0) is 14.5. The van der Waals surface area contributed by atoms with Crippen molar-refractivity contribution in [2.45, 2.75) is 19.5 Å². The molecule has 4 nitrogen and oxygen atoms in total. The second-order valence-corrected chi connectivity index (χ2v) is 5.57. The Balaban J connectivity index is 1.63. The van der Waals surface area contributed by atoms with Gasteiger partial charge in [0, 0.05) is 30.4 Å². The molecule has 1 N–H and O–H groups in total. The summed E-state index contributed by atoms with van der Waals surface area (Å²) in [4.78, 5) is 13.3. The van der Waals surface area contributed by atoms with Gasteiger partial charge in [-0.3, -0.25) is 9.97 Å². The first-order chi connectivity index (χ1) is 10.3. The molecule has 0 saturated heterocycles. The molecule has 0 aromatic carbocycles. The molecule has 0 fully saturated rings. The van der Waals surface area contributed by atoms with Crippen LogP contribution in [0.25, 0.3) is 10.7 Å². The first-order valence-corrected chi connectivity index (χ1v) is 7.71. The molecule has 1 atom stereocenters. The molecule has 0 aliphatic rings. The Morgan fingerprint density at radius 2 is 1.90 bits per heavy atom. The lowest BCUT2D eigenvalue weighted by Gasteiger charge is -2.11. The molecule has 3 heterocycles. The van der Waals surface area contributed by atoms with Crippen LogP contribution in [-0.2, 0) is 6.54 Å². The molecule has 106 valence electrons. The van der Waals surface area contributed by atoms with Crippen LogP contribution in [0.1, 0.15) is 24.4 Å². The van der Waals surface area contributed by atoms with E-state index in [9.17, 15) is 0 Å². The number of nitrogens with zero attached hydrogens (tertiary/aromatic N) is 3. The van der Waals surface area contributed by atoms with Gasteiger partial charge in [0.05, 0.1) is 17.1 Å². The van der Waals surface area contributed by atoms with Crippen LogP contribution in [-0.4, -0.2) is 15.0 Å². The van der Waals surface area contributed by atoms with Gasteiger partial charge in [-0.2, -0.15) is 0 Å². The second-order valence-electron chi connectivity index (χ2n) is 4.72. The van der Waals surface area contributed by atoms with Gasteiger partial charge in [0.2, 0.25) is 0 Å². The summed E-state index contributed by atoms with van der Waals surface area (Å²) in [5.74, 6) is 0. The molecule has 21 heavy (non-hydrogen) atoms. The maximum absolute atomic E-state index is 4.62. The van der Waals surface area contributed by atoms with Crippen molar-refractivity contribution in [2.24, 2.45) is 0 Å². The largest absolute Gasteiger partial charge is 0.303 e. The highest BCUT2D eigenvalue weighted by atomic mass is 32.1. The van der Waals surface area contributed by atoms with Gasteiger partial charge in [-0.15, -0.1) is 11.3 Å². The molecule has 3 aromatic heterocycles. The minimum Gasteiger partial charge on any atom is -0.303 e. The van der Waals surface area contributed by atoms with Crippen molar-refractivity contribution in [3.8, 4) is 10.7 Å². The highest BCUT2D eigenvalue weighted by Crippen LogP contribution is 2.21. The second kappa shape index (κ2) is 6.56. The molecule has 0 spiro atoms. The number of rotatable bonds is 5. The number of thiazole rings is 1.